The highest BCUT2D eigenvalue weighted by Crippen LogP contribution is 2.26. The smallest absolute Gasteiger partial charge is 0.335 e. The lowest BCUT2D eigenvalue weighted by molar-refractivity contribution is 0.0696. The van der Waals surface area contributed by atoms with Gasteiger partial charge in [-0.05, 0) is 54.8 Å². The van der Waals surface area contributed by atoms with Gasteiger partial charge in [0.2, 0.25) is 0 Å². The fourth-order valence-electron chi connectivity index (χ4n) is 2.74. The number of amides is 1. The summed E-state index contributed by atoms with van der Waals surface area (Å²) >= 11 is 0. The number of hydrogen-bond donors (Lipinski definition) is 1. The van der Waals surface area contributed by atoms with Crippen LogP contribution in [0.3, 0.4) is 0 Å². The maximum absolute atomic E-state index is 12.6. The summed E-state index contributed by atoms with van der Waals surface area (Å²) in [5.74, 6) is -0.990. The van der Waals surface area contributed by atoms with Gasteiger partial charge < -0.3 is 10.0 Å². The fourth-order valence-corrected chi connectivity index (χ4v) is 2.74. The molecule has 0 fully saturated rings. The summed E-state index contributed by atoms with van der Waals surface area (Å²) in [6.45, 7) is 2.63. The van der Waals surface area contributed by atoms with Crippen molar-refractivity contribution in [2.75, 3.05) is 11.4 Å². The molecule has 0 radical (unpaired) electrons. The van der Waals surface area contributed by atoms with Gasteiger partial charge in [-0.15, -0.1) is 0 Å². The molecule has 0 bridgehead atoms. The molecule has 0 aromatic heterocycles. The van der Waals surface area contributed by atoms with Crippen molar-refractivity contribution in [3.05, 3.63) is 64.7 Å². The van der Waals surface area contributed by atoms with E-state index >= 15 is 0 Å². The monoisotopic (exact) mass is 281 g/mol. The maximum Gasteiger partial charge on any atom is 0.335 e. The Hall–Kier alpha value is -2.62. The molecule has 1 heterocycles. The quantitative estimate of drug-likeness (QED) is 0.920. The standard InChI is InChI=1S/C17H15NO3/c1-11-3-2-4-15-14(11)9-10-18(16(15)19)13-7-5-12(6-8-13)17(20)21/h2-8H,9-10H2,1H3,(H,20,21). The van der Waals surface area contributed by atoms with E-state index in [4.69, 9.17) is 5.11 Å². The van der Waals surface area contributed by atoms with Crippen LogP contribution in [0.2, 0.25) is 0 Å². The third kappa shape index (κ3) is 2.29. The molecule has 1 aliphatic heterocycles. The highest BCUT2D eigenvalue weighted by Gasteiger charge is 2.26. The first-order chi connectivity index (χ1) is 10.1. The van der Waals surface area contributed by atoms with Gasteiger partial charge in [-0.3, -0.25) is 4.79 Å². The number of fused-ring (bicyclic) bond motifs is 1. The zero-order valence-corrected chi connectivity index (χ0v) is 11.7. The Morgan fingerprint density at radius 3 is 2.52 bits per heavy atom. The molecule has 0 saturated carbocycles. The molecular weight excluding hydrogens is 266 g/mol. The zero-order chi connectivity index (χ0) is 15.0. The van der Waals surface area contributed by atoms with E-state index < -0.39 is 5.97 Å². The molecule has 3 rings (SSSR count). The number of carboxylic acids is 1. The van der Waals surface area contributed by atoms with Crippen LogP contribution in [0.25, 0.3) is 0 Å². The topological polar surface area (TPSA) is 57.6 Å². The van der Waals surface area contributed by atoms with Gasteiger partial charge >= 0.3 is 5.97 Å². The molecule has 1 N–H and O–H groups in total. The van der Waals surface area contributed by atoms with Gasteiger partial charge in [-0.25, -0.2) is 4.79 Å². The lowest BCUT2D eigenvalue weighted by atomic mass is 9.94. The Kier molecular flexibility index (Phi) is 3.22. The number of nitrogens with zero attached hydrogens (tertiary/aromatic N) is 1. The summed E-state index contributed by atoms with van der Waals surface area (Å²) < 4.78 is 0. The molecule has 1 amide bonds. The van der Waals surface area contributed by atoms with Crippen molar-refractivity contribution in [2.45, 2.75) is 13.3 Å². The number of rotatable bonds is 2. The van der Waals surface area contributed by atoms with E-state index in [1.165, 1.54) is 12.1 Å². The van der Waals surface area contributed by atoms with Crippen LogP contribution < -0.4 is 4.90 Å². The van der Waals surface area contributed by atoms with Gasteiger partial charge in [0.05, 0.1) is 5.56 Å². The van der Waals surface area contributed by atoms with Crippen molar-refractivity contribution in [1.82, 2.24) is 0 Å². The Morgan fingerprint density at radius 2 is 1.86 bits per heavy atom. The van der Waals surface area contributed by atoms with Gasteiger partial charge in [-0.2, -0.15) is 0 Å². The summed E-state index contributed by atoms with van der Waals surface area (Å²) in [6, 6.07) is 12.2. The normalized spacial score (nSPS) is 14.0. The van der Waals surface area contributed by atoms with Crippen LogP contribution in [-0.2, 0) is 6.42 Å². The van der Waals surface area contributed by atoms with Crippen LogP contribution in [0.5, 0.6) is 0 Å². The molecule has 0 atom stereocenters. The second kappa shape index (κ2) is 5.05. The SMILES string of the molecule is Cc1cccc2c1CCN(c1ccc(C(=O)O)cc1)C2=O. The second-order valence-electron chi connectivity index (χ2n) is 5.16. The fraction of sp³-hybridized carbons (Fsp3) is 0.176. The van der Waals surface area contributed by atoms with Crippen LogP contribution in [0.4, 0.5) is 5.69 Å². The number of hydrogen-bond acceptors (Lipinski definition) is 2. The molecule has 0 unspecified atom stereocenters. The van der Waals surface area contributed by atoms with Gasteiger partial charge in [-0.1, -0.05) is 12.1 Å². The summed E-state index contributed by atoms with van der Waals surface area (Å²) in [4.78, 5) is 25.2. The Morgan fingerprint density at radius 1 is 1.14 bits per heavy atom. The lowest BCUT2D eigenvalue weighted by Gasteiger charge is -2.29. The van der Waals surface area contributed by atoms with Gasteiger partial charge in [0.25, 0.3) is 5.91 Å². The third-order valence-electron chi connectivity index (χ3n) is 3.90. The van der Waals surface area contributed by atoms with Crippen molar-refractivity contribution in [2.24, 2.45) is 0 Å². The average Bonchev–Trinajstić information content (AvgIpc) is 2.49. The summed E-state index contributed by atoms with van der Waals surface area (Å²) in [7, 11) is 0. The first kappa shape index (κ1) is 13.4. The van der Waals surface area contributed by atoms with Crippen LogP contribution in [0.15, 0.2) is 42.5 Å². The van der Waals surface area contributed by atoms with Gasteiger partial charge in [0, 0.05) is 17.8 Å². The molecule has 21 heavy (non-hydrogen) atoms. The van der Waals surface area contributed by atoms with Crippen molar-refractivity contribution >= 4 is 17.6 Å². The van der Waals surface area contributed by atoms with Crippen molar-refractivity contribution < 1.29 is 14.7 Å². The predicted molar refractivity (Wildman–Crippen MR) is 80.0 cm³/mol. The molecule has 106 valence electrons. The molecule has 1 aliphatic rings. The Balaban J connectivity index is 1.95. The van der Waals surface area contributed by atoms with Gasteiger partial charge in [0.1, 0.15) is 0 Å². The van der Waals surface area contributed by atoms with E-state index in [9.17, 15) is 9.59 Å². The summed E-state index contributed by atoms with van der Waals surface area (Å²) in [6.07, 6.45) is 0.814. The van der Waals surface area contributed by atoms with Crippen LogP contribution in [0, 0.1) is 6.92 Å². The Labute approximate surface area is 122 Å². The average molecular weight is 281 g/mol. The highest BCUT2D eigenvalue weighted by molar-refractivity contribution is 6.08. The number of aryl methyl sites for hydroxylation is 1. The van der Waals surface area contributed by atoms with E-state index in [-0.39, 0.29) is 11.5 Å². The minimum atomic E-state index is -0.965. The molecule has 0 spiro atoms. The second-order valence-corrected chi connectivity index (χ2v) is 5.16. The van der Waals surface area contributed by atoms with Crippen LogP contribution >= 0.6 is 0 Å². The first-order valence-corrected chi connectivity index (χ1v) is 6.81. The summed E-state index contributed by atoms with van der Waals surface area (Å²) in [5.41, 5.74) is 3.95. The zero-order valence-electron chi connectivity index (χ0n) is 11.7. The molecule has 2 aromatic rings. The first-order valence-electron chi connectivity index (χ1n) is 6.81. The number of carbonyl (C=O) groups is 2. The number of aromatic carboxylic acids is 1. The number of carboxylic acid groups (broad SMARTS) is 1. The summed E-state index contributed by atoms with van der Waals surface area (Å²) in [5, 5.41) is 8.92. The van der Waals surface area contributed by atoms with E-state index in [1.807, 2.05) is 25.1 Å². The van der Waals surface area contributed by atoms with Crippen LogP contribution in [-0.4, -0.2) is 23.5 Å². The largest absolute Gasteiger partial charge is 0.478 e. The highest BCUT2D eigenvalue weighted by atomic mass is 16.4. The molecular formula is C17H15NO3. The van der Waals surface area contributed by atoms with Crippen molar-refractivity contribution in [3.63, 3.8) is 0 Å². The number of carbonyl (C=O) groups excluding carboxylic acids is 1. The van der Waals surface area contributed by atoms with Gasteiger partial charge in [0.15, 0.2) is 0 Å². The minimum absolute atomic E-state index is 0.0250. The van der Waals surface area contributed by atoms with Crippen molar-refractivity contribution in [3.8, 4) is 0 Å². The molecule has 0 saturated heterocycles. The maximum atomic E-state index is 12.6. The third-order valence-corrected chi connectivity index (χ3v) is 3.90. The minimum Gasteiger partial charge on any atom is -0.478 e. The molecule has 4 nitrogen and oxygen atoms in total. The molecule has 4 heteroatoms. The van der Waals surface area contributed by atoms with Crippen molar-refractivity contribution in [1.29, 1.82) is 0 Å². The van der Waals surface area contributed by atoms with Crippen LogP contribution in [0.1, 0.15) is 31.8 Å². The number of anilines is 1. The number of benzene rings is 2. The predicted octanol–water partition coefficient (Wildman–Crippen LogP) is 2.90. The molecule has 0 aliphatic carbocycles. The van der Waals surface area contributed by atoms with E-state index in [0.717, 1.165) is 28.8 Å². The Bertz CT molecular complexity index is 719. The molecule has 2 aromatic carbocycles. The van der Waals surface area contributed by atoms with E-state index in [0.29, 0.717) is 6.54 Å². The van der Waals surface area contributed by atoms with E-state index in [2.05, 4.69) is 0 Å². The van der Waals surface area contributed by atoms with E-state index in [1.54, 1.807) is 17.0 Å². The lowest BCUT2D eigenvalue weighted by Crippen LogP contribution is -2.37.